The molecular formula is C12H10Cl2N4O3. The molecule has 2 rings (SSSR count). The van der Waals surface area contributed by atoms with E-state index in [9.17, 15) is 10.1 Å². The highest BCUT2D eigenvalue weighted by molar-refractivity contribution is 6.33. The van der Waals surface area contributed by atoms with E-state index in [4.69, 9.17) is 27.9 Å². The number of hydrogen-bond acceptors (Lipinski definition) is 6. The minimum absolute atomic E-state index is 0.0150. The Kier molecular flexibility index (Phi) is 4.77. The molecule has 110 valence electrons. The Hall–Kier alpha value is -2.12. The van der Waals surface area contributed by atoms with E-state index in [-0.39, 0.29) is 27.4 Å². The van der Waals surface area contributed by atoms with Gasteiger partial charge in [0.2, 0.25) is 17.6 Å². The van der Waals surface area contributed by atoms with E-state index in [2.05, 4.69) is 15.3 Å². The van der Waals surface area contributed by atoms with Crippen LogP contribution in [0.5, 0.6) is 11.6 Å². The molecule has 9 heteroatoms. The molecule has 0 fully saturated rings. The average molecular weight is 329 g/mol. The molecule has 0 radical (unpaired) electrons. The van der Waals surface area contributed by atoms with Crippen LogP contribution in [-0.2, 0) is 0 Å². The molecule has 0 saturated heterocycles. The largest absolute Gasteiger partial charge is 0.428 e. The third-order valence-electron chi connectivity index (χ3n) is 2.39. The van der Waals surface area contributed by atoms with Crippen molar-refractivity contribution in [3.05, 3.63) is 44.6 Å². The zero-order valence-corrected chi connectivity index (χ0v) is 12.4. The molecule has 0 unspecified atom stereocenters. The van der Waals surface area contributed by atoms with Crippen LogP contribution in [0.15, 0.2) is 24.4 Å². The molecule has 21 heavy (non-hydrogen) atoms. The van der Waals surface area contributed by atoms with Gasteiger partial charge in [0, 0.05) is 12.6 Å². The lowest BCUT2D eigenvalue weighted by Gasteiger charge is -2.09. The highest BCUT2D eigenvalue weighted by Gasteiger charge is 2.21. The van der Waals surface area contributed by atoms with Crippen LogP contribution in [0.4, 0.5) is 11.6 Å². The predicted octanol–water partition coefficient (Wildman–Crippen LogP) is 3.92. The lowest BCUT2D eigenvalue weighted by atomic mass is 10.3. The normalized spacial score (nSPS) is 10.2. The SMILES string of the molecule is CCNc1ncc(Cl)c(Oc2c(Cl)cccc2[N+](=O)[O-])n1. The van der Waals surface area contributed by atoms with Crippen LogP contribution in [0, 0.1) is 10.1 Å². The van der Waals surface area contributed by atoms with Gasteiger partial charge in [-0.3, -0.25) is 10.1 Å². The Balaban J connectivity index is 2.42. The molecule has 0 atom stereocenters. The van der Waals surface area contributed by atoms with Gasteiger partial charge in [0.1, 0.15) is 5.02 Å². The van der Waals surface area contributed by atoms with Crippen LogP contribution < -0.4 is 10.1 Å². The van der Waals surface area contributed by atoms with Gasteiger partial charge in [-0.25, -0.2) is 4.98 Å². The fraction of sp³-hybridized carbons (Fsp3) is 0.167. The number of para-hydroxylation sites is 1. The summed E-state index contributed by atoms with van der Waals surface area (Å²) in [6.45, 7) is 2.48. The van der Waals surface area contributed by atoms with E-state index >= 15 is 0 Å². The summed E-state index contributed by atoms with van der Waals surface area (Å²) in [5, 5.41) is 14.1. The van der Waals surface area contributed by atoms with Crippen molar-refractivity contribution < 1.29 is 9.66 Å². The molecule has 0 aliphatic rings. The van der Waals surface area contributed by atoms with Crippen molar-refractivity contribution in [2.45, 2.75) is 6.92 Å². The van der Waals surface area contributed by atoms with Gasteiger partial charge in [0.05, 0.1) is 16.1 Å². The van der Waals surface area contributed by atoms with Gasteiger partial charge in [-0.1, -0.05) is 29.3 Å². The highest BCUT2D eigenvalue weighted by Crippen LogP contribution is 2.39. The van der Waals surface area contributed by atoms with E-state index in [0.29, 0.717) is 12.5 Å². The van der Waals surface area contributed by atoms with Crippen molar-refractivity contribution in [3.8, 4) is 11.6 Å². The fourth-order valence-electron chi connectivity index (χ4n) is 1.51. The summed E-state index contributed by atoms with van der Waals surface area (Å²) in [5.41, 5.74) is -0.276. The summed E-state index contributed by atoms with van der Waals surface area (Å²) < 4.78 is 5.42. The molecule has 1 aromatic heterocycles. The molecule has 0 amide bonds. The van der Waals surface area contributed by atoms with Gasteiger partial charge in [0.25, 0.3) is 0 Å². The molecule has 0 spiro atoms. The molecule has 0 aliphatic heterocycles. The second-order valence-corrected chi connectivity index (χ2v) is 4.64. The molecular weight excluding hydrogens is 319 g/mol. The molecule has 7 nitrogen and oxygen atoms in total. The number of nitrogens with one attached hydrogen (secondary N) is 1. The Morgan fingerprint density at radius 1 is 1.38 bits per heavy atom. The Morgan fingerprint density at radius 3 is 2.81 bits per heavy atom. The number of benzene rings is 1. The van der Waals surface area contributed by atoms with Crippen molar-refractivity contribution in [2.75, 3.05) is 11.9 Å². The number of rotatable bonds is 5. The van der Waals surface area contributed by atoms with Crippen molar-refractivity contribution in [3.63, 3.8) is 0 Å². The molecule has 2 aromatic rings. The summed E-state index contributed by atoms with van der Waals surface area (Å²) in [6, 6.07) is 4.21. The van der Waals surface area contributed by atoms with E-state index in [1.165, 1.54) is 24.4 Å². The summed E-state index contributed by atoms with van der Waals surface area (Å²) in [4.78, 5) is 18.4. The number of nitro benzene ring substituents is 1. The molecule has 1 N–H and O–H groups in total. The number of anilines is 1. The molecule has 0 saturated carbocycles. The minimum atomic E-state index is -0.596. The lowest BCUT2D eigenvalue weighted by molar-refractivity contribution is -0.385. The maximum atomic E-state index is 11.0. The van der Waals surface area contributed by atoms with Crippen molar-refractivity contribution in [1.82, 2.24) is 9.97 Å². The van der Waals surface area contributed by atoms with E-state index in [1.807, 2.05) is 6.92 Å². The van der Waals surface area contributed by atoms with Gasteiger partial charge in [-0.15, -0.1) is 0 Å². The zero-order valence-electron chi connectivity index (χ0n) is 10.8. The second-order valence-electron chi connectivity index (χ2n) is 3.82. The monoisotopic (exact) mass is 328 g/mol. The zero-order chi connectivity index (χ0) is 15.4. The first-order valence-electron chi connectivity index (χ1n) is 5.90. The Bertz CT molecular complexity index is 682. The van der Waals surface area contributed by atoms with Crippen molar-refractivity contribution >= 4 is 34.8 Å². The average Bonchev–Trinajstić information content (AvgIpc) is 2.44. The third kappa shape index (κ3) is 3.50. The van der Waals surface area contributed by atoms with E-state index in [1.54, 1.807) is 0 Å². The number of hydrogen-bond donors (Lipinski definition) is 1. The maximum Gasteiger partial charge on any atom is 0.313 e. The van der Waals surface area contributed by atoms with Crippen LogP contribution in [0.3, 0.4) is 0 Å². The second kappa shape index (κ2) is 6.55. The van der Waals surface area contributed by atoms with Crippen LogP contribution in [0.1, 0.15) is 6.92 Å². The standard InChI is InChI=1S/C12H10Cl2N4O3/c1-2-15-12-16-6-8(14)11(17-12)21-10-7(13)4-3-5-9(10)18(19)20/h3-6H,2H2,1H3,(H,15,16,17). The van der Waals surface area contributed by atoms with Gasteiger partial charge in [-0.05, 0) is 13.0 Å². The van der Waals surface area contributed by atoms with Crippen molar-refractivity contribution in [2.24, 2.45) is 0 Å². The quantitative estimate of drug-likeness (QED) is 0.660. The van der Waals surface area contributed by atoms with Crippen LogP contribution in [0.2, 0.25) is 10.0 Å². The van der Waals surface area contributed by atoms with Gasteiger partial charge in [-0.2, -0.15) is 4.98 Å². The highest BCUT2D eigenvalue weighted by atomic mass is 35.5. The summed E-state index contributed by atoms with van der Waals surface area (Å²) in [6.07, 6.45) is 1.34. The van der Waals surface area contributed by atoms with E-state index in [0.717, 1.165) is 0 Å². The lowest BCUT2D eigenvalue weighted by Crippen LogP contribution is -2.03. The van der Waals surface area contributed by atoms with Gasteiger partial charge in [0.15, 0.2) is 0 Å². The fourth-order valence-corrected chi connectivity index (χ4v) is 1.84. The number of aromatic nitrogens is 2. The first-order valence-corrected chi connectivity index (χ1v) is 6.65. The smallest absolute Gasteiger partial charge is 0.313 e. The van der Waals surface area contributed by atoms with Crippen LogP contribution in [0.25, 0.3) is 0 Å². The maximum absolute atomic E-state index is 11.0. The molecule has 1 heterocycles. The van der Waals surface area contributed by atoms with E-state index < -0.39 is 4.92 Å². The Labute approximate surface area is 130 Å². The first-order chi connectivity index (χ1) is 10.0. The number of nitro groups is 1. The molecule has 1 aromatic carbocycles. The van der Waals surface area contributed by atoms with Crippen LogP contribution in [-0.4, -0.2) is 21.4 Å². The number of nitrogens with zero attached hydrogens (tertiary/aromatic N) is 3. The molecule has 0 aliphatic carbocycles. The topological polar surface area (TPSA) is 90.2 Å². The number of halogens is 2. The summed E-state index contributed by atoms with van der Waals surface area (Å²) >= 11 is 11.9. The van der Waals surface area contributed by atoms with Crippen LogP contribution >= 0.6 is 23.2 Å². The third-order valence-corrected chi connectivity index (χ3v) is 2.95. The Morgan fingerprint density at radius 2 is 2.14 bits per heavy atom. The number of ether oxygens (including phenoxy) is 1. The first kappa shape index (κ1) is 15.3. The summed E-state index contributed by atoms with van der Waals surface area (Å²) in [7, 11) is 0. The minimum Gasteiger partial charge on any atom is -0.428 e. The molecule has 0 bridgehead atoms. The van der Waals surface area contributed by atoms with Gasteiger partial charge < -0.3 is 10.1 Å². The van der Waals surface area contributed by atoms with Gasteiger partial charge >= 0.3 is 5.69 Å². The van der Waals surface area contributed by atoms with Crippen molar-refractivity contribution in [1.29, 1.82) is 0 Å². The predicted molar refractivity (Wildman–Crippen MR) is 79.4 cm³/mol. The summed E-state index contributed by atoms with van der Waals surface area (Å²) in [5.74, 6) is 0.164.